The second-order valence-electron chi connectivity index (χ2n) is 6.26. The molecule has 1 amide bonds. The van der Waals surface area contributed by atoms with Gasteiger partial charge in [0.05, 0.1) is 23.6 Å². The first-order valence-corrected chi connectivity index (χ1v) is 9.11. The highest BCUT2D eigenvalue weighted by atomic mass is 16.5. The number of para-hydroxylation sites is 1. The van der Waals surface area contributed by atoms with Gasteiger partial charge < -0.3 is 9.15 Å². The largest absolute Gasteiger partial charge is 0.479 e. The van der Waals surface area contributed by atoms with Crippen LogP contribution in [0, 0.1) is 11.3 Å². The second-order valence-corrected chi connectivity index (χ2v) is 6.26. The van der Waals surface area contributed by atoms with Crippen LogP contribution in [0.5, 0.6) is 5.75 Å². The highest BCUT2D eigenvalue weighted by Crippen LogP contribution is 2.25. The number of amides is 1. The molecule has 0 aliphatic rings. The number of hydrazone groups is 1. The fourth-order valence-electron chi connectivity index (χ4n) is 2.91. The van der Waals surface area contributed by atoms with E-state index >= 15 is 0 Å². The normalized spacial score (nSPS) is 10.8. The molecule has 4 aromatic rings. The van der Waals surface area contributed by atoms with Gasteiger partial charge in [0.1, 0.15) is 17.5 Å². The van der Waals surface area contributed by atoms with Crippen molar-refractivity contribution in [1.29, 1.82) is 5.26 Å². The average molecular weight is 396 g/mol. The number of benzene rings is 2. The Labute approximate surface area is 172 Å². The van der Waals surface area contributed by atoms with Gasteiger partial charge in [-0.15, -0.1) is 0 Å². The highest BCUT2D eigenvalue weighted by Gasteiger charge is 2.14. The molecule has 0 atom stereocenters. The molecular weight excluding hydrogens is 380 g/mol. The lowest BCUT2D eigenvalue weighted by Crippen LogP contribution is -2.18. The first-order valence-electron chi connectivity index (χ1n) is 9.11. The smallest absolute Gasteiger partial charge is 0.272 e. The summed E-state index contributed by atoms with van der Waals surface area (Å²) in [6, 6.07) is 21.6. The Morgan fingerprint density at radius 3 is 2.77 bits per heavy atom. The molecule has 146 valence electrons. The molecular formula is C23H16N4O3. The van der Waals surface area contributed by atoms with Gasteiger partial charge in [-0.1, -0.05) is 18.2 Å². The van der Waals surface area contributed by atoms with E-state index in [0.717, 1.165) is 10.9 Å². The number of hydrogen-bond donors (Lipinski definition) is 1. The van der Waals surface area contributed by atoms with Crippen molar-refractivity contribution in [3.8, 4) is 23.3 Å². The number of aromatic nitrogens is 1. The summed E-state index contributed by atoms with van der Waals surface area (Å²) < 4.78 is 10.6. The van der Waals surface area contributed by atoms with Crippen molar-refractivity contribution in [3.05, 3.63) is 84.1 Å². The molecule has 1 N–H and O–H groups in total. The summed E-state index contributed by atoms with van der Waals surface area (Å²) in [6.45, 7) is -0.0105. The molecule has 0 unspecified atom stereocenters. The summed E-state index contributed by atoms with van der Waals surface area (Å²) in [5, 5.41) is 13.3. The van der Waals surface area contributed by atoms with Crippen LogP contribution >= 0.6 is 0 Å². The van der Waals surface area contributed by atoms with E-state index in [9.17, 15) is 4.79 Å². The van der Waals surface area contributed by atoms with Crippen molar-refractivity contribution in [2.24, 2.45) is 5.10 Å². The van der Waals surface area contributed by atoms with Crippen LogP contribution in [-0.4, -0.2) is 23.7 Å². The molecule has 0 saturated carbocycles. The van der Waals surface area contributed by atoms with Crippen LogP contribution in [0.25, 0.3) is 22.4 Å². The van der Waals surface area contributed by atoms with Gasteiger partial charge in [-0.25, -0.2) is 10.4 Å². The molecule has 0 spiro atoms. The first-order chi connectivity index (χ1) is 14.7. The number of fused-ring (bicyclic) bond motifs is 1. The van der Waals surface area contributed by atoms with E-state index in [4.69, 9.17) is 14.4 Å². The zero-order valence-corrected chi connectivity index (χ0v) is 15.8. The standard InChI is InChI=1S/C23H16N4O3/c24-11-13-29-17-9-7-16(8-10-17)15-25-27-23(28)19-14-21(22-6-3-12-30-22)26-20-5-2-1-4-18(19)20/h1-10,12,14-15H,13H2,(H,27,28)/b25-15-. The second kappa shape index (κ2) is 8.71. The molecule has 0 aliphatic carbocycles. The van der Waals surface area contributed by atoms with Crippen LogP contribution in [0.1, 0.15) is 15.9 Å². The Bertz CT molecular complexity index is 1240. The van der Waals surface area contributed by atoms with Crippen LogP contribution in [-0.2, 0) is 0 Å². The predicted molar refractivity (Wildman–Crippen MR) is 112 cm³/mol. The maximum atomic E-state index is 12.8. The number of nitriles is 1. The highest BCUT2D eigenvalue weighted by molar-refractivity contribution is 6.07. The van der Waals surface area contributed by atoms with E-state index in [0.29, 0.717) is 28.3 Å². The molecule has 0 fully saturated rings. The maximum absolute atomic E-state index is 12.8. The summed E-state index contributed by atoms with van der Waals surface area (Å²) in [6.07, 6.45) is 3.09. The fourth-order valence-corrected chi connectivity index (χ4v) is 2.91. The first kappa shape index (κ1) is 18.9. The van der Waals surface area contributed by atoms with E-state index in [-0.39, 0.29) is 12.5 Å². The Hall–Kier alpha value is -4.44. The number of furan rings is 1. The van der Waals surface area contributed by atoms with Gasteiger partial charge in [-0.3, -0.25) is 4.79 Å². The van der Waals surface area contributed by atoms with Gasteiger partial charge >= 0.3 is 0 Å². The molecule has 0 radical (unpaired) electrons. The summed E-state index contributed by atoms with van der Waals surface area (Å²) in [5.41, 5.74) is 5.04. The van der Waals surface area contributed by atoms with Gasteiger partial charge in [0.2, 0.25) is 0 Å². The third-order valence-corrected chi connectivity index (χ3v) is 4.30. The quantitative estimate of drug-likeness (QED) is 0.390. The number of nitrogens with one attached hydrogen (secondary N) is 1. The molecule has 0 bridgehead atoms. The predicted octanol–water partition coefficient (Wildman–Crippen LogP) is 4.16. The monoisotopic (exact) mass is 396 g/mol. The van der Waals surface area contributed by atoms with Crippen molar-refractivity contribution in [2.45, 2.75) is 0 Å². The molecule has 4 rings (SSSR count). The molecule has 30 heavy (non-hydrogen) atoms. The summed E-state index contributed by atoms with van der Waals surface area (Å²) in [7, 11) is 0. The Kier molecular flexibility index (Phi) is 5.49. The number of carbonyl (C=O) groups is 1. The summed E-state index contributed by atoms with van der Waals surface area (Å²) in [4.78, 5) is 17.4. The topological polar surface area (TPSA) is 101 Å². The van der Waals surface area contributed by atoms with Gasteiger partial charge in [0.15, 0.2) is 12.4 Å². The molecule has 2 aromatic carbocycles. The molecule has 7 heteroatoms. The van der Waals surface area contributed by atoms with Crippen molar-refractivity contribution in [2.75, 3.05) is 6.61 Å². The Balaban J connectivity index is 1.54. The molecule has 2 aromatic heterocycles. The zero-order chi connectivity index (χ0) is 20.8. The third kappa shape index (κ3) is 4.18. The van der Waals surface area contributed by atoms with E-state index < -0.39 is 0 Å². The van der Waals surface area contributed by atoms with Gasteiger partial charge in [0, 0.05) is 5.39 Å². The number of nitrogens with zero attached hydrogens (tertiary/aromatic N) is 3. The van der Waals surface area contributed by atoms with Gasteiger partial charge in [0.25, 0.3) is 5.91 Å². The number of carbonyl (C=O) groups excluding carboxylic acids is 1. The minimum Gasteiger partial charge on any atom is -0.479 e. The molecule has 7 nitrogen and oxygen atoms in total. The summed E-state index contributed by atoms with van der Waals surface area (Å²) in [5.74, 6) is 0.815. The third-order valence-electron chi connectivity index (χ3n) is 4.30. The number of pyridine rings is 1. The Morgan fingerprint density at radius 1 is 1.17 bits per heavy atom. The van der Waals surface area contributed by atoms with Crippen molar-refractivity contribution in [3.63, 3.8) is 0 Å². The lowest BCUT2D eigenvalue weighted by Gasteiger charge is -2.07. The van der Waals surface area contributed by atoms with E-state index in [1.165, 1.54) is 6.21 Å². The fraction of sp³-hybridized carbons (Fsp3) is 0.0435. The van der Waals surface area contributed by atoms with Gasteiger partial charge in [-0.05, 0) is 54.1 Å². The van der Waals surface area contributed by atoms with E-state index in [1.54, 1.807) is 48.7 Å². The molecule has 0 aliphatic heterocycles. The van der Waals surface area contributed by atoms with Crippen molar-refractivity contribution in [1.82, 2.24) is 10.4 Å². The van der Waals surface area contributed by atoms with E-state index in [1.807, 2.05) is 30.3 Å². The van der Waals surface area contributed by atoms with Gasteiger partial charge in [-0.2, -0.15) is 10.4 Å². The SMILES string of the molecule is N#CCOc1ccc(/C=N\NC(=O)c2cc(-c3ccco3)nc3ccccc23)cc1. The lowest BCUT2D eigenvalue weighted by molar-refractivity contribution is 0.0956. The van der Waals surface area contributed by atoms with Crippen LogP contribution in [0.15, 0.2) is 82.5 Å². The summed E-state index contributed by atoms with van der Waals surface area (Å²) >= 11 is 0. The Morgan fingerprint density at radius 2 is 2.00 bits per heavy atom. The van der Waals surface area contributed by atoms with Crippen molar-refractivity contribution < 1.29 is 13.9 Å². The van der Waals surface area contributed by atoms with Crippen LogP contribution in [0.4, 0.5) is 0 Å². The molecule has 0 saturated heterocycles. The van der Waals surface area contributed by atoms with Crippen LogP contribution in [0.2, 0.25) is 0 Å². The number of hydrogen-bond acceptors (Lipinski definition) is 6. The zero-order valence-electron chi connectivity index (χ0n) is 15.8. The van der Waals surface area contributed by atoms with Crippen molar-refractivity contribution >= 4 is 23.0 Å². The number of rotatable bonds is 6. The average Bonchev–Trinajstić information content (AvgIpc) is 3.33. The molecule has 2 heterocycles. The minimum absolute atomic E-state index is 0.0105. The number of ether oxygens (including phenoxy) is 1. The van der Waals surface area contributed by atoms with E-state index in [2.05, 4.69) is 15.5 Å². The van der Waals surface area contributed by atoms with Crippen LogP contribution in [0.3, 0.4) is 0 Å². The minimum atomic E-state index is -0.355. The lowest BCUT2D eigenvalue weighted by atomic mass is 10.1. The van der Waals surface area contributed by atoms with Crippen LogP contribution < -0.4 is 10.2 Å². The maximum Gasteiger partial charge on any atom is 0.272 e.